The molecule has 2 aromatic carbocycles. The van der Waals surface area contributed by atoms with E-state index in [2.05, 4.69) is 66.5 Å². The molecule has 3 heteroatoms. The van der Waals surface area contributed by atoms with Crippen molar-refractivity contribution >= 4 is 17.3 Å². The topological polar surface area (TPSA) is 32.3 Å². The van der Waals surface area contributed by atoms with Crippen molar-refractivity contribution in [2.75, 3.05) is 23.3 Å². The van der Waals surface area contributed by atoms with E-state index in [4.69, 9.17) is 0 Å². The Morgan fingerprint density at radius 1 is 0.960 bits per heavy atom. The fraction of sp³-hybridized carbons (Fsp3) is 0.409. The zero-order valence-corrected chi connectivity index (χ0v) is 15.3. The van der Waals surface area contributed by atoms with Crippen molar-refractivity contribution in [1.82, 2.24) is 0 Å². The lowest BCUT2D eigenvalue weighted by Crippen LogP contribution is -2.38. The zero-order chi connectivity index (χ0) is 17.6. The van der Waals surface area contributed by atoms with Crippen LogP contribution in [-0.4, -0.2) is 19.0 Å². The van der Waals surface area contributed by atoms with Crippen LogP contribution in [0.5, 0.6) is 0 Å². The van der Waals surface area contributed by atoms with Crippen molar-refractivity contribution in [3.63, 3.8) is 0 Å². The second kappa shape index (κ2) is 8.19. The molecular weight excluding hydrogens is 308 g/mol. The van der Waals surface area contributed by atoms with Crippen LogP contribution in [0.2, 0.25) is 0 Å². The molecule has 132 valence electrons. The van der Waals surface area contributed by atoms with Crippen LogP contribution >= 0.6 is 0 Å². The number of aryl methyl sites for hydroxylation is 2. The predicted octanol–water partition coefficient (Wildman–Crippen LogP) is 4.67. The quantitative estimate of drug-likeness (QED) is 0.861. The number of hydrogen-bond donors (Lipinski definition) is 1. The number of hydrogen-bond acceptors (Lipinski definition) is 2. The summed E-state index contributed by atoms with van der Waals surface area (Å²) in [4.78, 5) is 15.2. The van der Waals surface area contributed by atoms with Crippen LogP contribution in [0.1, 0.15) is 37.8 Å². The third-order valence-corrected chi connectivity index (χ3v) is 5.23. The van der Waals surface area contributed by atoms with E-state index in [1.165, 1.54) is 16.8 Å². The van der Waals surface area contributed by atoms with E-state index in [0.29, 0.717) is 0 Å². The maximum atomic E-state index is 12.8. The minimum atomic E-state index is 0.106. The smallest absolute Gasteiger partial charge is 0.227 e. The van der Waals surface area contributed by atoms with Crippen molar-refractivity contribution in [3.05, 3.63) is 59.7 Å². The molecule has 0 saturated carbocycles. The second-order valence-electron chi connectivity index (χ2n) is 6.74. The van der Waals surface area contributed by atoms with E-state index in [1.54, 1.807) is 0 Å². The summed E-state index contributed by atoms with van der Waals surface area (Å²) >= 11 is 0. The number of nitrogens with one attached hydrogen (secondary N) is 1. The molecule has 1 aliphatic heterocycles. The maximum absolute atomic E-state index is 12.8. The van der Waals surface area contributed by atoms with Crippen LogP contribution in [0.25, 0.3) is 0 Å². The Morgan fingerprint density at radius 3 is 2.12 bits per heavy atom. The molecule has 0 unspecified atom stereocenters. The van der Waals surface area contributed by atoms with Crippen molar-refractivity contribution < 1.29 is 4.79 Å². The highest BCUT2D eigenvalue weighted by Gasteiger charge is 2.26. The normalized spacial score (nSPS) is 15.2. The number of benzene rings is 2. The Balaban J connectivity index is 1.64. The minimum Gasteiger partial charge on any atom is -0.371 e. The average Bonchev–Trinajstić information content (AvgIpc) is 2.69. The Hall–Kier alpha value is -2.29. The van der Waals surface area contributed by atoms with E-state index in [-0.39, 0.29) is 11.8 Å². The van der Waals surface area contributed by atoms with Gasteiger partial charge in [0.2, 0.25) is 5.91 Å². The molecule has 0 aromatic heterocycles. The van der Waals surface area contributed by atoms with Gasteiger partial charge in [-0.25, -0.2) is 0 Å². The number of anilines is 2. The van der Waals surface area contributed by atoms with Crippen LogP contribution in [0.3, 0.4) is 0 Å². The number of nitrogens with zero attached hydrogens (tertiary/aromatic N) is 1. The monoisotopic (exact) mass is 336 g/mol. The molecule has 1 heterocycles. The second-order valence-corrected chi connectivity index (χ2v) is 6.74. The Labute approximate surface area is 151 Å². The summed E-state index contributed by atoms with van der Waals surface area (Å²) in [6.07, 6.45) is 3.71. The SMILES string of the molecule is CCc1cccc(CC)c1NC(=O)C1CCN(c2ccccc2)CC1. The van der Waals surface area contributed by atoms with Crippen LogP contribution in [0.4, 0.5) is 11.4 Å². The lowest BCUT2D eigenvalue weighted by Gasteiger charge is -2.33. The molecule has 1 saturated heterocycles. The van der Waals surface area contributed by atoms with Gasteiger partial charge in [-0.2, -0.15) is 0 Å². The third-order valence-electron chi connectivity index (χ3n) is 5.23. The molecule has 0 atom stereocenters. The molecule has 2 aromatic rings. The lowest BCUT2D eigenvalue weighted by molar-refractivity contribution is -0.120. The molecule has 1 fully saturated rings. The van der Waals surface area contributed by atoms with Crippen molar-refractivity contribution in [1.29, 1.82) is 0 Å². The number of carbonyl (C=O) groups is 1. The van der Waals surface area contributed by atoms with Gasteiger partial charge in [-0.3, -0.25) is 4.79 Å². The summed E-state index contributed by atoms with van der Waals surface area (Å²) in [6.45, 7) is 6.17. The molecule has 0 spiro atoms. The predicted molar refractivity (Wildman–Crippen MR) is 105 cm³/mol. The van der Waals surface area contributed by atoms with Gasteiger partial charge in [-0.15, -0.1) is 0 Å². The minimum absolute atomic E-state index is 0.106. The van der Waals surface area contributed by atoms with E-state index < -0.39 is 0 Å². The molecule has 3 nitrogen and oxygen atoms in total. The zero-order valence-electron chi connectivity index (χ0n) is 15.3. The summed E-state index contributed by atoms with van der Waals surface area (Å²) in [7, 11) is 0. The van der Waals surface area contributed by atoms with Gasteiger partial charge >= 0.3 is 0 Å². The first-order valence-corrected chi connectivity index (χ1v) is 9.44. The first kappa shape index (κ1) is 17.5. The fourth-order valence-electron chi connectivity index (χ4n) is 3.67. The first-order valence-electron chi connectivity index (χ1n) is 9.44. The van der Waals surface area contributed by atoms with Crippen molar-refractivity contribution in [2.45, 2.75) is 39.5 Å². The number of para-hydroxylation sites is 2. The standard InChI is InChI=1S/C22H28N2O/c1-3-17-9-8-10-18(4-2)21(17)23-22(25)19-13-15-24(16-14-19)20-11-6-5-7-12-20/h5-12,19H,3-4,13-16H2,1-2H3,(H,23,25). The van der Waals surface area contributed by atoms with Gasteiger partial charge in [0.25, 0.3) is 0 Å². The summed E-state index contributed by atoms with van der Waals surface area (Å²) < 4.78 is 0. The fourth-order valence-corrected chi connectivity index (χ4v) is 3.67. The van der Waals surface area contributed by atoms with Gasteiger partial charge in [0.1, 0.15) is 0 Å². The molecular formula is C22H28N2O. The van der Waals surface area contributed by atoms with E-state index in [0.717, 1.165) is 44.5 Å². The van der Waals surface area contributed by atoms with Gasteiger partial charge in [0.15, 0.2) is 0 Å². The highest BCUT2D eigenvalue weighted by atomic mass is 16.1. The molecule has 1 aliphatic rings. The van der Waals surface area contributed by atoms with E-state index in [9.17, 15) is 4.79 Å². The Bertz CT molecular complexity index is 681. The average molecular weight is 336 g/mol. The molecule has 0 radical (unpaired) electrons. The van der Waals surface area contributed by atoms with E-state index >= 15 is 0 Å². The highest BCUT2D eigenvalue weighted by molar-refractivity contribution is 5.94. The van der Waals surface area contributed by atoms with Crippen LogP contribution < -0.4 is 10.2 Å². The highest BCUT2D eigenvalue weighted by Crippen LogP contribution is 2.27. The molecule has 1 N–H and O–H groups in total. The van der Waals surface area contributed by atoms with Crippen molar-refractivity contribution in [3.8, 4) is 0 Å². The number of carbonyl (C=O) groups excluding carboxylic acids is 1. The van der Waals surface area contributed by atoms with Gasteiger partial charge in [0.05, 0.1) is 0 Å². The van der Waals surface area contributed by atoms with E-state index in [1.807, 2.05) is 6.07 Å². The molecule has 0 bridgehead atoms. The molecule has 3 rings (SSSR count). The number of amides is 1. The summed E-state index contributed by atoms with van der Waals surface area (Å²) in [6, 6.07) is 16.8. The Morgan fingerprint density at radius 2 is 1.56 bits per heavy atom. The number of piperidine rings is 1. The van der Waals surface area contributed by atoms with Crippen LogP contribution in [0, 0.1) is 5.92 Å². The molecule has 1 amide bonds. The summed E-state index contributed by atoms with van der Waals surface area (Å²) in [5, 5.41) is 3.25. The van der Waals surface area contributed by atoms with Gasteiger partial charge in [-0.05, 0) is 48.9 Å². The summed E-state index contributed by atoms with van der Waals surface area (Å²) in [5.41, 5.74) is 4.76. The Kier molecular flexibility index (Phi) is 5.75. The molecule has 25 heavy (non-hydrogen) atoms. The third kappa shape index (κ3) is 4.04. The largest absolute Gasteiger partial charge is 0.371 e. The van der Waals surface area contributed by atoms with Crippen LogP contribution in [0.15, 0.2) is 48.5 Å². The molecule has 0 aliphatic carbocycles. The van der Waals surface area contributed by atoms with Crippen LogP contribution in [-0.2, 0) is 17.6 Å². The number of rotatable bonds is 5. The van der Waals surface area contributed by atoms with Gasteiger partial charge in [0, 0.05) is 30.4 Å². The van der Waals surface area contributed by atoms with Gasteiger partial charge < -0.3 is 10.2 Å². The van der Waals surface area contributed by atoms with Gasteiger partial charge in [-0.1, -0.05) is 50.2 Å². The lowest BCUT2D eigenvalue weighted by atomic mass is 9.94. The maximum Gasteiger partial charge on any atom is 0.227 e. The first-order chi connectivity index (χ1) is 12.2. The van der Waals surface area contributed by atoms with Crippen molar-refractivity contribution in [2.24, 2.45) is 5.92 Å². The summed E-state index contributed by atoms with van der Waals surface area (Å²) in [5.74, 6) is 0.290.